The van der Waals surface area contributed by atoms with E-state index in [-0.39, 0.29) is 6.61 Å². The zero-order valence-corrected chi connectivity index (χ0v) is 8.42. The standard InChI is InChI=1S/C10H17NO2/c1-7-6-9(8(2)13-7)10(3,11)4-5-12/h6,12H,4-5,11H2,1-3H3/t10-/m0/s1. The quantitative estimate of drug-likeness (QED) is 0.745. The van der Waals surface area contributed by atoms with Crippen molar-refractivity contribution in [1.82, 2.24) is 0 Å². The monoisotopic (exact) mass is 183 g/mol. The summed E-state index contributed by atoms with van der Waals surface area (Å²) >= 11 is 0. The highest BCUT2D eigenvalue weighted by molar-refractivity contribution is 5.27. The third-order valence-corrected chi connectivity index (χ3v) is 2.29. The summed E-state index contributed by atoms with van der Waals surface area (Å²) in [5.41, 5.74) is 6.54. The van der Waals surface area contributed by atoms with Crippen LogP contribution in [0.3, 0.4) is 0 Å². The van der Waals surface area contributed by atoms with Crippen LogP contribution in [-0.2, 0) is 5.54 Å². The Morgan fingerprint density at radius 1 is 1.54 bits per heavy atom. The predicted molar refractivity (Wildman–Crippen MR) is 51.4 cm³/mol. The van der Waals surface area contributed by atoms with E-state index in [1.807, 2.05) is 26.8 Å². The van der Waals surface area contributed by atoms with E-state index in [1.165, 1.54) is 0 Å². The van der Waals surface area contributed by atoms with Crippen LogP contribution in [0.15, 0.2) is 10.5 Å². The Bertz CT molecular complexity index is 289. The van der Waals surface area contributed by atoms with Gasteiger partial charge in [0.1, 0.15) is 11.5 Å². The molecule has 3 N–H and O–H groups in total. The molecule has 1 aromatic heterocycles. The van der Waals surface area contributed by atoms with Crippen molar-refractivity contribution < 1.29 is 9.52 Å². The second kappa shape index (κ2) is 3.52. The van der Waals surface area contributed by atoms with Crippen LogP contribution in [0.5, 0.6) is 0 Å². The second-order valence-corrected chi connectivity index (χ2v) is 3.72. The van der Waals surface area contributed by atoms with E-state index >= 15 is 0 Å². The van der Waals surface area contributed by atoms with Crippen molar-refractivity contribution in [1.29, 1.82) is 0 Å². The lowest BCUT2D eigenvalue weighted by Gasteiger charge is -2.22. The van der Waals surface area contributed by atoms with Crippen LogP contribution in [0.25, 0.3) is 0 Å². The van der Waals surface area contributed by atoms with Crippen molar-refractivity contribution in [3.05, 3.63) is 23.2 Å². The zero-order chi connectivity index (χ0) is 10.1. The lowest BCUT2D eigenvalue weighted by atomic mass is 9.90. The molecule has 0 spiro atoms. The molecular weight excluding hydrogens is 166 g/mol. The number of aliphatic hydroxyl groups excluding tert-OH is 1. The Morgan fingerprint density at radius 3 is 2.54 bits per heavy atom. The van der Waals surface area contributed by atoms with Crippen LogP contribution in [-0.4, -0.2) is 11.7 Å². The molecule has 0 amide bonds. The molecule has 1 atom stereocenters. The molecule has 0 unspecified atom stereocenters. The number of aliphatic hydroxyl groups is 1. The number of hydrogen-bond donors (Lipinski definition) is 2. The van der Waals surface area contributed by atoms with Crippen molar-refractivity contribution in [3.63, 3.8) is 0 Å². The summed E-state index contributed by atoms with van der Waals surface area (Å²) in [6.07, 6.45) is 0.548. The summed E-state index contributed by atoms with van der Waals surface area (Å²) in [7, 11) is 0. The summed E-state index contributed by atoms with van der Waals surface area (Å²) < 4.78 is 5.39. The first-order valence-corrected chi connectivity index (χ1v) is 4.44. The average Bonchev–Trinajstić information content (AvgIpc) is 2.30. The Kier molecular flexibility index (Phi) is 2.78. The highest BCUT2D eigenvalue weighted by atomic mass is 16.3. The van der Waals surface area contributed by atoms with Crippen LogP contribution < -0.4 is 5.73 Å². The Balaban J connectivity index is 2.98. The van der Waals surface area contributed by atoms with Gasteiger partial charge in [-0.1, -0.05) is 0 Å². The molecule has 13 heavy (non-hydrogen) atoms. The summed E-state index contributed by atoms with van der Waals surface area (Å²) in [5.74, 6) is 1.71. The largest absolute Gasteiger partial charge is 0.466 e. The summed E-state index contributed by atoms with van der Waals surface area (Å²) in [5, 5.41) is 8.85. The van der Waals surface area contributed by atoms with E-state index in [1.54, 1.807) is 0 Å². The first-order valence-electron chi connectivity index (χ1n) is 4.44. The molecule has 0 fully saturated rings. The second-order valence-electron chi connectivity index (χ2n) is 3.72. The van der Waals surface area contributed by atoms with Gasteiger partial charge in [0, 0.05) is 17.7 Å². The molecular formula is C10H17NO2. The van der Waals surface area contributed by atoms with Gasteiger partial charge in [-0.25, -0.2) is 0 Å². The minimum atomic E-state index is -0.489. The fourth-order valence-electron chi connectivity index (χ4n) is 1.56. The third-order valence-electron chi connectivity index (χ3n) is 2.29. The minimum absolute atomic E-state index is 0.0939. The molecule has 0 bridgehead atoms. The molecule has 0 aromatic carbocycles. The Morgan fingerprint density at radius 2 is 2.15 bits per heavy atom. The number of nitrogens with two attached hydrogens (primary N) is 1. The van der Waals surface area contributed by atoms with Crippen LogP contribution in [0.2, 0.25) is 0 Å². The fraction of sp³-hybridized carbons (Fsp3) is 0.600. The van der Waals surface area contributed by atoms with E-state index in [9.17, 15) is 0 Å². The highest BCUT2D eigenvalue weighted by Crippen LogP contribution is 2.27. The summed E-state index contributed by atoms with van der Waals surface area (Å²) in [6, 6.07) is 1.94. The predicted octanol–water partition coefficient (Wildman–Crippen LogP) is 1.45. The van der Waals surface area contributed by atoms with Gasteiger partial charge in [-0.2, -0.15) is 0 Å². The van der Waals surface area contributed by atoms with Gasteiger partial charge in [-0.15, -0.1) is 0 Å². The molecule has 0 saturated carbocycles. The molecule has 0 aliphatic carbocycles. The molecule has 1 heterocycles. The molecule has 3 nitrogen and oxygen atoms in total. The molecule has 3 heteroatoms. The van der Waals surface area contributed by atoms with E-state index in [2.05, 4.69) is 0 Å². The van der Waals surface area contributed by atoms with Gasteiger partial charge in [0.2, 0.25) is 0 Å². The fourth-order valence-corrected chi connectivity index (χ4v) is 1.56. The topological polar surface area (TPSA) is 59.4 Å². The van der Waals surface area contributed by atoms with Gasteiger partial charge in [-0.3, -0.25) is 0 Å². The van der Waals surface area contributed by atoms with Gasteiger partial charge in [0.15, 0.2) is 0 Å². The maximum Gasteiger partial charge on any atom is 0.106 e. The Hall–Kier alpha value is -0.800. The molecule has 1 rings (SSSR count). The molecule has 74 valence electrons. The molecule has 0 aliphatic heterocycles. The lowest BCUT2D eigenvalue weighted by molar-refractivity contribution is 0.246. The number of furan rings is 1. The minimum Gasteiger partial charge on any atom is -0.466 e. The van der Waals surface area contributed by atoms with Crippen molar-refractivity contribution in [2.45, 2.75) is 32.7 Å². The maximum absolute atomic E-state index is 8.85. The van der Waals surface area contributed by atoms with Crippen LogP contribution in [0, 0.1) is 13.8 Å². The van der Waals surface area contributed by atoms with Gasteiger partial charge >= 0.3 is 0 Å². The number of aryl methyl sites for hydroxylation is 2. The van der Waals surface area contributed by atoms with E-state index in [0.717, 1.165) is 17.1 Å². The van der Waals surface area contributed by atoms with E-state index in [4.69, 9.17) is 15.3 Å². The SMILES string of the molecule is Cc1cc([C@@](C)(N)CCO)c(C)o1. The number of rotatable bonds is 3. The van der Waals surface area contributed by atoms with Crippen molar-refractivity contribution in [3.8, 4) is 0 Å². The first kappa shape index (κ1) is 10.3. The maximum atomic E-state index is 8.85. The van der Waals surface area contributed by atoms with Crippen LogP contribution in [0.4, 0.5) is 0 Å². The number of hydrogen-bond acceptors (Lipinski definition) is 3. The molecule has 1 aromatic rings. The Labute approximate surface area is 78.5 Å². The molecule has 0 saturated heterocycles. The highest BCUT2D eigenvalue weighted by Gasteiger charge is 2.24. The van der Waals surface area contributed by atoms with Crippen molar-refractivity contribution in [2.24, 2.45) is 5.73 Å². The van der Waals surface area contributed by atoms with E-state index < -0.39 is 5.54 Å². The van der Waals surface area contributed by atoms with Crippen LogP contribution in [0.1, 0.15) is 30.4 Å². The summed E-state index contributed by atoms with van der Waals surface area (Å²) in [6.45, 7) is 5.79. The molecule has 0 radical (unpaired) electrons. The first-order chi connectivity index (χ1) is 5.97. The van der Waals surface area contributed by atoms with Crippen molar-refractivity contribution >= 4 is 0 Å². The van der Waals surface area contributed by atoms with Gasteiger partial charge in [-0.05, 0) is 33.3 Å². The smallest absolute Gasteiger partial charge is 0.106 e. The van der Waals surface area contributed by atoms with Gasteiger partial charge in [0.05, 0.1) is 0 Å². The normalized spacial score (nSPS) is 15.8. The third kappa shape index (κ3) is 2.11. The van der Waals surface area contributed by atoms with Crippen LogP contribution >= 0.6 is 0 Å². The van der Waals surface area contributed by atoms with Gasteiger partial charge < -0.3 is 15.3 Å². The average molecular weight is 183 g/mol. The zero-order valence-electron chi connectivity index (χ0n) is 8.42. The van der Waals surface area contributed by atoms with E-state index in [0.29, 0.717) is 6.42 Å². The summed E-state index contributed by atoms with van der Waals surface area (Å²) in [4.78, 5) is 0. The lowest BCUT2D eigenvalue weighted by Crippen LogP contribution is -2.34. The molecule has 0 aliphatic rings. The van der Waals surface area contributed by atoms with Gasteiger partial charge in [0.25, 0.3) is 0 Å². The van der Waals surface area contributed by atoms with Crippen molar-refractivity contribution in [2.75, 3.05) is 6.61 Å².